The van der Waals surface area contributed by atoms with Gasteiger partial charge < -0.3 is 9.73 Å². The Morgan fingerprint density at radius 3 is 3.00 bits per heavy atom. The third kappa shape index (κ3) is 3.76. The molecule has 7 nitrogen and oxygen atoms in total. The molecule has 2 aromatic rings. The van der Waals surface area contributed by atoms with E-state index >= 15 is 0 Å². The first-order valence-electron chi connectivity index (χ1n) is 5.67. The monoisotopic (exact) mass is 281 g/mol. The van der Waals surface area contributed by atoms with Gasteiger partial charge in [-0.3, -0.25) is 10.2 Å². The van der Waals surface area contributed by atoms with Gasteiger partial charge in [0.05, 0.1) is 12.3 Å². The molecule has 0 unspecified atom stereocenters. The summed E-state index contributed by atoms with van der Waals surface area (Å²) in [6.45, 7) is 0.436. The van der Waals surface area contributed by atoms with Crippen molar-refractivity contribution in [3.05, 3.63) is 29.7 Å². The number of likely N-dealkylation sites (N-methyl/N-ethyl adjacent to an activating group) is 1. The first kappa shape index (κ1) is 13.5. The lowest BCUT2D eigenvalue weighted by Gasteiger charge is -2.22. The molecular weight excluding hydrogens is 266 g/mol. The van der Waals surface area contributed by atoms with Gasteiger partial charge in [-0.25, -0.2) is 4.79 Å². The van der Waals surface area contributed by atoms with Crippen LogP contribution in [0.2, 0.25) is 0 Å². The molecule has 19 heavy (non-hydrogen) atoms. The third-order valence-electron chi connectivity index (χ3n) is 2.53. The summed E-state index contributed by atoms with van der Waals surface area (Å²) in [6.07, 6.45) is 1.62. The summed E-state index contributed by atoms with van der Waals surface area (Å²) in [5.41, 5.74) is 1.56. The van der Waals surface area contributed by atoms with Crippen molar-refractivity contribution in [2.75, 3.05) is 26.0 Å². The Balaban J connectivity index is 1.87. The fourth-order valence-electron chi connectivity index (χ4n) is 1.58. The highest BCUT2D eigenvalue weighted by Crippen LogP contribution is 2.17. The molecule has 0 aliphatic carbocycles. The Kier molecular flexibility index (Phi) is 4.48. The lowest BCUT2D eigenvalue weighted by molar-refractivity contribution is 0.233. The Labute approximate surface area is 114 Å². The molecule has 0 aliphatic rings. The van der Waals surface area contributed by atoms with Crippen LogP contribution in [0.5, 0.6) is 0 Å². The maximum Gasteiger partial charge on any atom is 0.321 e. The van der Waals surface area contributed by atoms with Gasteiger partial charge in [0.25, 0.3) is 0 Å². The van der Waals surface area contributed by atoms with Gasteiger partial charge in [0.15, 0.2) is 0 Å². The number of carbonyl (C=O) groups is 1. The molecule has 0 spiro atoms. The smallest absolute Gasteiger partial charge is 0.321 e. The zero-order valence-electron chi connectivity index (χ0n) is 10.7. The summed E-state index contributed by atoms with van der Waals surface area (Å²) in [5, 5.41) is 13.2. The van der Waals surface area contributed by atoms with E-state index in [0.29, 0.717) is 11.7 Å². The molecule has 2 heterocycles. The molecule has 0 saturated heterocycles. The van der Waals surface area contributed by atoms with Gasteiger partial charge in [-0.1, -0.05) is 11.3 Å². The fraction of sp³-hybridized carbons (Fsp3) is 0.364. The number of hydrogen-bond donors (Lipinski definition) is 2. The van der Waals surface area contributed by atoms with E-state index in [-0.39, 0.29) is 12.1 Å². The van der Waals surface area contributed by atoms with Crippen LogP contribution in [0.25, 0.3) is 0 Å². The summed E-state index contributed by atoms with van der Waals surface area (Å²) in [7, 11) is 3.86. The maximum atomic E-state index is 11.7. The van der Waals surface area contributed by atoms with Crippen molar-refractivity contribution in [1.82, 2.24) is 20.4 Å². The minimum absolute atomic E-state index is 0.0184. The number of rotatable bonds is 5. The van der Waals surface area contributed by atoms with Crippen LogP contribution in [0.15, 0.2) is 28.3 Å². The number of furan rings is 1. The highest BCUT2D eigenvalue weighted by Gasteiger charge is 2.17. The lowest BCUT2D eigenvalue weighted by atomic mass is 10.2. The molecule has 0 fully saturated rings. The van der Waals surface area contributed by atoms with Crippen molar-refractivity contribution < 1.29 is 9.21 Å². The van der Waals surface area contributed by atoms with Gasteiger partial charge in [0.1, 0.15) is 11.3 Å². The largest absolute Gasteiger partial charge is 0.468 e. The van der Waals surface area contributed by atoms with E-state index in [1.807, 2.05) is 31.1 Å². The summed E-state index contributed by atoms with van der Waals surface area (Å²) in [4.78, 5) is 13.7. The first-order chi connectivity index (χ1) is 9.16. The van der Waals surface area contributed by atoms with Gasteiger partial charge in [-0.15, -0.1) is 10.2 Å². The van der Waals surface area contributed by atoms with Crippen LogP contribution >= 0.6 is 11.3 Å². The van der Waals surface area contributed by atoms with Crippen LogP contribution in [0.3, 0.4) is 0 Å². The van der Waals surface area contributed by atoms with E-state index in [4.69, 9.17) is 4.42 Å². The molecule has 2 amide bonds. The molecule has 0 bridgehead atoms. The molecule has 2 rings (SSSR count). The molecule has 8 heteroatoms. The number of carbonyl (C=O) groups excluding carboxylic acids is 1. The zero-order chi connectivity index (χ0) is 13.7. The number of hydrogen-bond acceptors (Lipinski definition) is 6. The van der Waals surface area contributed by atoms with E-state index in [1.54, 1.807) is 11.8 Å². The van der Waals surface area contributed by atoms with Crippen LogP contribution in [0.4, 0.5) is 9.93 Å². The van der Waals surface area contributed by atoms with E-state index in [1.165, 1.54) is 11.3 Å². The van der Waals surface area contributed by atoms with Crippen LogP contribution in [0.1, 0.15) is 11.8 Å². The van der Waals surface area contributed by atoms with Crippen LogP contribution in [0, 0.1) is 0 Å². The van der Waals surface area contributed by atoms with Crippen molar-refractivity contribution in [3.63, 3.8) is 0 Å². The topological polar surface area (TPSA) is 83.3 Å². The number of nitrogens with zero attached hydrogens (tertiary/aromatic N) is 3. The first-order valence-corrected chi connectivity index (χ1v) is 6.55. The Hall–Kier alpha value is -1.93. The minimum atomic E-state index is -0.310. The van der Waals surface area contributed by atoms with Gasteiger partial charge in [0.2, 0.25) is 5.13 Å². The Bertz CT molecular complexity index is 497. The molecule has 0 aromatic carbocycles. The van der Waals surface area contributed by atoms with Crippen molar-refractivity contribution >= 4 is 22.5 Å². The normalized spacial score (nSPS) is 12.4. The quantitative estimate of drug-likeness (QED) is 0.869. The van der Waals surface area contributed by atoms with Gasteiger partial charge in [0, 0.05) is 6.54 Å². The lowest BCUT2D eigenvalue weighted by Crippen LogP contribution is -2.36. The van der Waals surface area contributed by atoms with Crippen molar-refractivity contribution in [3.8, 4) is 0 Å². The highest BCUT2D eigenvalue weighted by molar-refractivity contribution is 7.13. The number of urea groups is 1. The molecule has 0 aliphatic heterocycles. The molecule has 2 N–H and O–H groups in total. The number of aromatic nitrogens is 2. The molecule has 0 saturated carbocycles. The summed E-state index contributed by atoms with van der Waals surface area (Å²) >= 11 is 1.27. The summed E-state index contributed by atoms with van der Waals surface area (Å²) in [5.74, 6) is 0.807. The maximum absolute atomic E-state index is 11.7. The van der Waals surface area contributed by atoms with Gasteiger partial charge in [-0.2, -0.15) is 0 Å². The third-order valence-corrected chi connectivity index (χ3v) is 3.14. The van der Waals surface area contributed by atoms with E-state index in [9.17, 15) is 4.79 Å². The second-order valence-electron chi connectivity index (χ2n) is 4.07. The van der Waals surface area contributed by atoms with Crippen LogP contribution in [-0.4, -0.2) is 41.8 Å². The Morgan fingerprint density at radius 2 is 2.42 bits per heavy atom. The highest BCUT2D eigenvalue weighted by atomic mass is 32.1. The molecular formula is C11H15N5O2S. The van der Waals surface area contributed by atoms with E-state index in [0.717, 1.165) is 5.76 Å². The summed E-state index contributed by atoms with van der Waals surface area (Å²) in [6, 6.07) is 3.38. The zero-order valence-corrected chi connectivity index (χ0v) is 11.5. The molecule has 0 radical (unpaired) electrons. The van der Waals surface area contributed by atoms with Crippen LogP contribution < -0.4 is 10.6 Å². The predicted octanol–water partition coefficient (Wildman–Crippen LogP) is 1.56. The van der Waals surface area contributed by atoms with Crippen molar-refractivity contribution in [2.24, 2.45) is 0 Å². The summed E-state index contributed by atoms with van der Waals surface area (Å²) < 4.78 is 5.36. The van der Waals surface area contributed by atoms with Crippen molar-refractivity contribution in [2.45, 2.75) is 6.04 Å². The molecule has 1 atom stereocenters. The van der Waals surface area contributed by atoms with Crippen LogP contribution in [-0.2, 0) is 0 Å². The second kappa shape index (κ2) is 6.30. The van der Waals surface area contributed by atoms with Crippen molar-refractivity contribution in [1.29, 1.82) is 0 Å². The predicted molar refractivity (Wildman–Crippen MR) is 72.1 cm³/mol. The Morgan fingerprint density at radius 1 is 1.58 bits per heavy atom. The average Bonchev–Trinajstić information content (AvgIpc) is 3.01. The standard InChI is InChI=1S/C11H15N5O2S/c1-16(2)8(9-4-3-5-18-9)6-12-10(17)14-11-15-13-7-19-11/h3-5,7-8H,6H2,1-2H3,(H2,12,14,15,17)/t8-/m0/s1. The van der Waals surface area contributed by atoms with E-state index in [2.05, 4.69) is 20.8 Å². The minimum Gasteiger partial charge on any atom is -0.468 e. The van der Waals surface area contributed by atoms with Gasteiger partial charge >= 0.3 is 6.03 Å². The van der Waals surface area contributed by atoms with Gasteiger partial charge in [-0.05, 0) is 26.2 Å². The average molecular weight is 281 g/mol. The fourth-order valence-corrected chi connectivity index (χ4v) is 2.02. The number of amides is 2. The van der Waals surface area contributed by atoms with E-state index < -0.39 is 0 Å². The number of anilines is 1. The molecule has 102 valence electrons. The second-order valence-corrected chi connectivity index (χ2v) is 4.91. The SMILES string of the molecule is CN(C)[C@@H](CNC(=O)Nc1nncs1)c1ccco1. The number of nitrogens with one attached hydrogen (secondary N) is 2. The molecule has 2 aromatic heterocycles.